The molecule has 0 aliphatic carbocycles. The topological polar surface area (TPSA) is 0 Å². The molecule has 0 aromatic heterocycles. The Morgan fingerprint density at radius 1 is 0.175 bits per heavy atom. The maximum absolute atomic E-state index is 2.53. The van der Waals surface area contributed by atoms with Crippen LogP contribution in [0, 0.1) is 0 Å². The number of hydrogen-bond acceptors (Lipinski definition) is 0. The van der Waals surface area contributed by atoms with Crippen LogP contribution in [-0.4, -0.2) is 0 Å². The quantitative estimate of drug-likeness (QED) is 0.0425. The second-order valence-corrected chi connectivity index (χ2v) is 19.5. The van der Waals surface area contributed by atoms with Crippen molar-refractivity contribution in [1.29, 1.82) is 0 Å². The molecule has 0 saturated carbocycles. The molecule has 0 aromatic rings. The highest BCUT2D eigenvalue weighted by atomic mass is 14.1. The lowest BCUT2D eigenvalue weighted by atomic mass is 9.93. The van der Waals surface area contributed by atoms with Gasteiger partial charge >= 0.3 is 0 Å². The van der Waals surface area contributed by atoms with E-state index >= 15 is 0 Å². The molecule has 0 bridgehead atoms. The molecule has 0 heteroatoms. The van der Waals surface area contributed by atoms with Gasteiger partial charge in [-0.1, -0.05) is 321 Å². The maximum atomic E-state index is 2.53. The first-order chi connectivity index (χ1) is 28.3. The highest BCUT2D eigenvalue weighted by Crippen LogP contribution is 2.26. The molecule has 0 aliphatic rings. The predicted molar refractivity (Wildman–Crippen MR) is 265 cm³/mol. The predicted octanol–water partition coefficient (Wildman–Crippen LogP) is 22.3. The fourth-order valence-electron chi connectivity index (χ4n) is 9.44. The Hall–Kier alpha value is -0.260. The van der Waals surface area contributed by atoms with Gasteiger partial charge in [0, 0.05) is 0 Å². The Bertz CT molecular complexity index is 692. The monoisotopic (exact) mass is 799 g/mol. The van der Waals surface area contributed by atoms with Crippen LogP contribution in [-0.2, 0) is 0 Å². The van der Waals surface area contributed by atoms with Crippen molar-refractivity contribution in [2.24, 2.45) is 0 Å². The molecule has 0 fully saturated rings. The lowest BCUT2D eigenvalue weighted by molar-refractivity contribution is 0.524. The highest BCUT2D eigenvalue weighted by Gasteiger charge is 2.06. The zero-order valence-electron chi connectivity index (χ0n) is 41.1. The van der Waals surface area contributed by atoms with E-state index in [1.807, 2.05) is 5.57 Å². The van der Waals surface area contributed by atoms with E-state index in [0.29, 0.717) is 0 Å². The van der Waals surface area contributed by atoms with Crippen molar-refractivity contribution in [1.82, 2.24) is 0 Å². The van der Waals surface area contributed by atoms with Crippen molar-refractivity contribution in [3.8, 4) is 0 Å². The summed E-state index contributed by atoms with van der Waals surface area (Å²) in [5.74, 6) is 0. The van der Waals surface area contributed by atoms with Crippen LogP contribution in [0.2, 0.25) is 0 Å². The minimum Gasteiger partial charge on any atom is -0.0741 e. The fourth-order valence-corrected chi connectivity index (χ4v) is 9.44. The van der Waals surface area contributed by atoms with Crippen LogP contribution in [0.4, 0.5) is 0 Å². The normalized spacial score (nSPS) is 11.6. The van der Waals surface area contributed by atoms with Gasteiger partial charge in [-0.05, 0) is 45.4 Å². The molecule has 0 atom stereocenters. The molecule has 0 heterocycles. The number of allylic oxidation sites excluding steroid dienone is 2. The summed E-state index contributed by atoms with van der Waals surface area (Å²) in [4.78, 5) is 0. The van der Waals surface area contributed by atoms with Gasteiger partial charge in [-0.2, -0.15) is 0 Å². The van der Waals surface area contributed by atoms with Gasteiger partial charge in [0.05, 0.1) is 0 Å². The third-order valence-electron chi connectivity index (χ3n) is 13.7. The van der Waals surface area contributed by atoms with E-state index in [0.717, 1.165) is 0 Å². The highest BCUT2D eigenvalue weighted by molar-refractivity contribution is 5.12. The number of hydrogen-bond donors (Lipinski definition) is 0. The third kappa shape index (κ3) is 48.3. The molecule has 0 amide bonds. The van der Waals surface area contributed by atoms with Crippen molar-refractivity contribution in [3.63, 3.8) is 0 Å². The summed E-state index contributed by atoms with van der Waals surface area (Å²) in [6, 6.07) is 0. The van der Waals surface area contributed by atoms with Gasteiger partial charge in [0.2, 0.25) is 0 Å². The van der Waals surface area contributed by atoms with Crippen molar-refractivity contribution in [2.45, 2.75) is 355 Å². The first-order valence-electron chi connectivity index (χ1n) is 27.9. The van der Waals surface area contributed by atoms with E-state index in [-0.39, 0.29) is 0 Å². The zero-order chi connectivity index (χ0) is 41.2. The third-order valence-corrected chi connectivity index (χ3v) is 13.7. The second-order valence-electron chi connectivity index (χ2n) is 19.5. The molecule has 0 radical (unpaired) electrons. The zero-order valence-corrected chi connectivity index (χ0v) is 41.1. The summed E-state index contributed by atoms with van der Waals surface area (Å²) in [5.41, 5.74) is 3.67. The van der Waals surface area contributed by atoms with E-state index in [1.165, 1.54) is 327 Å². The first kappa shape index (κ1) is 56.7. The van der Waals surface area contributed by atoms with E-state index in [9.17, 15) is 0 Å². The van der Waals surface area contributed by atoms with Gasteiger partial charge in [0.25, 0.3) is 0 Å². The Labute approximate surface area is 364 Å². The molecule has 0 aromatic carbocycles. The van der Waals surface area contributed by atoms with Crippen LogP contribution < -0.4 is 0 Å². The van der Waals surface area contributed by atoms with Gasteiger partial charge in [-0.25, -0.2) is 0 Å². The van der Waals surface area contributed by atoms with Crippen LogP contribution >= 0.6 is 0 Å². The average Bonchev–Trinajstić information content (AvgIpc) is 3.22. The fraction of sp³-hybridized carbons (Fsp3) is 0.965. The summed E-state index contributed by atoms with van der Waals surface area (Å²) in [5, 5.41) is 0. The van der Waals surface area contributed by atoms with Gasteiger partial charge in [0.15, 0.2) is 0 Å². The van der Waals surface area contributed by atoms with Crippen LogP contribution in [0.3, 0.4) is 0 Å². The second kappa shape index (κ2) is 51.9. The minimum atomic E-state index is 1.37. The van der Waals surface area contributed by atoms with Gasteiger partial charge in [0.1, 0.15) is 0 Å². The lowest BCUT2D eigenvalue weighted by Crippen LogP contribution is -1.94. The summed E-state index contributed by atoms with van der Waals surface area (Å²) in [6.45, 7) is 9.49. The van der Waals surface area contributed by atoms with Crippen LogP contribution in [0.25, 0.3) is 0 Å². The molecule has 342 valence electrons. The largest absolute Gasteiger partial charge is 0.0741 e. The van der Waals surface area contributed by atoms with Crippen LogP contribution in [0.5, 0.6) is 0 Å². The van der Waals surface area contributed by atoms with Crippen molar-refractivity contribution in [2.75, 3.05) is 0 Å². The summed E-state index contributed by atoms with van der Waals surface area (Å²) in [7, 11) is 0. The summed E-state index contributed by atoms with van der Waals surface area (Å²) < 4.78 is 0. The Balaban J connectivity index is 4.14. The summed E-state index contributed by atoms with van der Waals surface area (Å²) in [6.07, 6.45) is 74.7. The van der Waals surface area contributed by atoms with Crippen LogP contribution in [0.15, 0.2) is 11.1 Å². The maximum Gasteiger partial charge on any atom is -0.0318 e. The molecule has 0 unspecified atom stereocenters. The first-order valence-corrected chi connectivity index (χ1v) is 27.9. The molecular formula is C57H114. The van der Waals surface area contributed by atoms with Crippen molar-refractivity contribution in [3.05, 3.63) is 11.1 Å². The van der Waals surface area contributed by atoms with Gasteiger partial charge < -0.3 is 0 Å². The van der Waals surface area contributed by atoms with E-state index in [4.69, 9.17) is 0 Å². The van der Waals surface area contributed by atoms with Crippen molar-refractivity contribution < 1.29 is 0 Å². The van der Waals surface area contributed by atoms with E-state index in [1.54, 1.807) is 5.57 Å². The molecule has 0 saturated heterocycles. The molecule has 57 heavy (non-hydrogen) atoms. The molecule has 0 spiro atoms. The van der Waals surface area contributed by atoms with E-state index in [2.05, 4.69) is 27.7 Å². The van der Waals surface area contributed by atoms with E-state index < -0.39 is 0 Å². The van der Waals surface area contributed by atoms with Crippen LogP contribution in [0.1, 0.15) is 355 Å². The summed E-state index contributed by atoms with van der Waals surface area (Å²) >= 11 is 0. The van der Waals surface area contributed by atoms with Gasteiger partial charge in [-0.3, -0.25) is 0 Å². The molecule has 0 N–H and O–H groups in total. The Kier molecular flexibility index (Phi) is 51.6. The van der Waals surface area contributed by atoms with Gasteiger partial charge in [-0.15, -0.1) is 0 Å². The molecule has 0 aliphatic heterocycles. The minimum absolute atomic E-state index is 1.37. The Morgan fingerprint density at radius 2 is 0.316 bits per heavy atom. The Morgan fingerprint density at radius 3 is 0.491 bits per heavy atom. The molecule has 0 nitrogen and oxygen atoms in total. The smallest absolute Gasteiger partial charge is 0.0318 e. The number of unbranched alkanes of at least 4 members (excludes halogenated alkanes) is 45. The van der Waals surface area contributed by atoms with Crippen molar-refractivity contribution >= 4 is 0 Å². The lowest BCUT2D eigenvalue weighted by Gasteiger charge is -2.14. The SMILES string of the molecule is CCCCCCCCCCCCCCCCCCC(C)=C(CCCCCCCCCCCCCCCCCC)CCCCCCCCCCCCCCCCCC. The molecule has 0 rings (SSSR count). The average molecular weight is 800 g/mol. The standard InChI is InChI=1S/C57H114/c1-5-8-11-14-17-20-23-26-29-32-35-38-41-44-47-50-53-56(4)57(54-51-48-45-42-39-36-33-30-27-24-21-18-15-12-9-6-2)55-52-49-46-43-40-37-34-31-28-25-22-19-16-13-10-7-3/h5-55H2,1-4H3. The molecular weight excluding hydrogens is 685 g/mol. The number of rotatable bonds is 51.